The molecule has 1 aliphatic heterocycles. The summed E-state index contributed by atoms with van der Waals surface area (Å²) < 4.78 is 0. The zero-order valence-corrected chi connectivity index (χ0v) is 13.9. The van der Waals surface area contributed by atoms with Crippen molar-refractivity contribution in [1.82, 2.24) is 4.90 Å². The monoisotopic (exact) mass is 304 g/mol. The van der Waals surface area contributed by atoms with E-state index in [4.69, 9.17) is 18.0 Å². The maximum Gasteiger partial charge on any atom is 0.253 e. The van der Waals surface area contributed by atoms with Gasteiger partial charge in [-0.3, -0.25) is 4.79 Å². The van der Waals surface area contributed by atoms with E-state index in [-0.39, 0.29) is 11.3 Å². The molecule has 1 fully saturated rings. The van der Waals surface area contributed by atoms with Crippen LogP contribution in [-0.4, -0.2) is 28.9 Å². The maximum absolute atomic E-state index is 12.5. The number of likely N-dealkylation sites (tertiary alicyclic amines) is 1. The van der Waals surface area contributed by atoms with Crippen LogP contribution in [0.2, 0.25) is 0 Å². The van der Waals surface area contributed by atoms with Gasteiger partial charge in [0.2, 0.25) is 0 Å². The number of benzene rings is 1. The van der Waals surface area contributed by atoms with Crippen LogP contribution in [0.25, 0.3) is 0 Å². The first-order valence-corrected chi connectivity index (χ1v) is 7.93. The molecule has 1 aromatic carbocycles. The molecular formula is C17H24N2OS. The molecule has 0 atom stereocenters. The standard InChI is InChI=1S/C17H24N2OS/c1-12(2)13-4-6-14(7-5-13)15(20)19-10-8-17(3,9-11-19)16(18)21/h4-7,12H,8-11H2,1-3H3,(H2,18,21). The molecule has 0 saturated carbocycles. The topological polar surface area (TPSA) is 46.3 Å². The highest BCUT2D eigenvalue weighted by molar-refractivity contribution is 7.80. The van der Waals surface area contributed by atoms with Crippen LogP contribution >= 0.6 is 12.2 Å². The lowest BCUT2D eigenvalue weighted by atomic mass is 9.80. The first-order chi connectivity index (χ1) is 9.83. The lowest BCUT2D eigenvalue weighted by Crippen LogP contribution is -2.46. The molecule has 1 aromatic rings. The van der Waals surface area contributed by atoms with Crippen molar-refractivity contribution in [2.75, 3.05) is 13.1 Å². The summed E-state index contributed by atoms with van der Waals surface area (Å²) in [6.07, 6.45) is 1.69. The number of carbonyl (C=O) groups excluding carboxylic acids is 1. The molecule has 0 bridgehead atoms. The van der Waals surface area contributed by atoms with E-state index in [0.717, 1.165) is 31.5 Å². The summed E-state index contributed by atoms with van der Waals surface area (Å²) >= 11 is 5.14. The van der Waals surface area contributed by atoms with Crippen LogP contribution < -0.4 is 5.73 Å². The largest absolute Gasteiger partial charge is 0.393 e. The lowest BCUT2D eigenvalue weighted by Gasteiger charge is -2.38. The predicted octanol–water partition coefficient (Wildman–Crippen LogP) is 3.34. The predicted molar refractivity (Wildman–Crippen MR) is 90.6 cm³/mol. The Labute approximate surface area is 132 Å². The molecule has 0 aliphatic carbocycles. The third-order valence-corrected chi connectivity index (χ3v) is 5.07. The SMILES string of the molecule is CC(C)c1ccc(C(=O)N2CCC(C)(C(N)=S)CC2)cc1. The average molecular weight is 304 g/mol. The van der Waals surface area contributed by atoms with Gasteiger partial charge in [0.25, 0.3) is 5.91 Å². The number of rotatable bonds is 3. The molecule has 1 saturated heterocycles. The molecule has 1 aliphatic rings. The first-order valence-electron chi connectivity index (χ1n) is 7.52. The van der Waals surface area contributed by atoms with E-state index >= 15 is 0 Å². The van der Waals surface area contributed by atoms with Gasteiger partial charge in [0, 0.05) is 24.1 Å². The quantitative estimate of drug-likeness (QED) is 0.871. The third kappa shape index (κ3) is 3.43. The van der Waals surface area contributed by atoms with E-state index in [2.05, 4.69) is 20.8 Å². The van der Waals surface area contributed by atoms with Crippen LogP contribution in [0, 0.1) is 5.41 Å². The summed E-state index contributed by atoms with van der Waals surface area (Å²) in [6, 6.07) is 7.94. The molecular weight excluding hydrogens is 280 g/mol. The van der Waals surface area contributed by atoms with E-state index < -0.39 is 0 Å². The molecule has 1 heterocycles. The van der Waals surface area contributed by atoms with E-state index in [9.17, 15) is 4.79 Å². The Morgan fingerprint density at radius 2 is 1.76 bits per heavy atom. The van der Waals surface area contributed by atoms with Gasteiger partial charge >= 0.3 is 0 Å². The van der Waals surface area contributed by atoms with Crippen LogP contribution in [0.4, 0.5) is 0 Å². The summed E-state index contributed by atoms with van der Waals surface area (Å²) in [5.74, 6) is 0.589. The Hall–Kier alpha value is -1.42. The smallest absolute Gasteiger partial charge is 0.253 e. The van der Waals surface area contributed by atoms with E-state index in [1.54, 1.807) is 0 Å². The number of piperidine rings is 1. The molecule has 4 heteroatoms. The molecule has 0 spiro atoms. The molecule has 114 valence electrons. The number of nitrogens with two attached hydrogens (primary N) is 1. The van der Waals surface area contributed by atoms with E-state index in [1.165, 1.54) is 5.56 Å². The summed E-state index contributed by atoms with van der Waals surface area (Å²) in [6.45, 7) is 7.84. The molecule has 0 radical (unpaired) electrons. The third-order valence-electron chi connectivity index (χ3n) is 4.57. The number of hydrogen-bond acceptors (Lipinski definition) is 2. The highest BCUT2D eigenvalue weighted by Crippen LogP contribution is 2.31. The van der Waals surface area contributed by atoms with Crippen molar-refractivity contribution in [3.8, 4) is 0 Å². The van der Waals surface area contributed by atoms with Gasteiger partial charge in [-0.1, -0.05) is 45.1 Å². The Kier molecular flexibility index (Phi) is 4.67. The van der Waals surface area contributed by atoms with Crippen molar-refractivity contribution >= 4 is 23.1 Å². The average Bonchev–Trinajstić information content (AvgIpc) is 2.47. The Bertz CT molecular complexity index is 528. The number of amides is 1. The zero-order chi connectivity index (χ0) is 15.6. The molecule has 0 unspecified atom stereocenters. The van der Waals surface area contributed by atoms with E-state index in [1.807, 2.05) is 29.2 Å². The number of carbonyl (C=O) groups is 1. The zero-order valence-electron chi connectivity index (χ0n) is 13.1. The van der Waals surface area contributed by atoms with Gasteiger partial charge in [0.05, 0.1) is 4.99 Å². The van der Waals surface area contributed by atoms with E-state index in [0.29, 0.717) is 10.9 Å². The Morgan fingerprint density at radius 1 is 1.24 bits per heavy atom. The summed E-state index contributed by atoms with van der Waals surface area (Å²) in [4.78, 5) is 15.0. The van der Waals surface area contributed by atoms with Crippen molar-refractivity contribution in [2.45, 2.75) is 39.5 Å². The highest BCUT2D eigenvalue weighted by atomic mass is 32.1. The number of hydrogen-bond donors (Lipinski definition) is 1. The molecule has 1 amide bonds. The van der Waals surface area contributed by atoms with Crippen molar-refractivity contribution < 1.29 is 4.79 Å². The number of nitrogens with zero attached hydrogens (tertiary/aromatic N) is 1. The summed E-state index contributed by atoms with van der Waals surface area (Å²) in [5.41, 5.74) is 7.72. The second-order valence-electron chi connectivity index (χ2n) is 6.49. The minimum atomic E-state index is -0.104. The second-order valence-corrected chi connectivity index (χ2v) is 6.93. The summed E-state index contributed by atoms with van der Waals surface area (Å²) in [5, 5.41) is 0. The van der Waals surface area contributed by atoms with Gasteiger partial charge in [0.15, 0.2) is 0 Å². The molecule has 0 aromatic heterocycles. The minimum absolute atomic E-state index is 0.104. The normalized spacial score (nSPS) is 17.8. The van der Waals surface area contributed by atoms with Gasteiger partial charge in [0.1, 0.15) is 0 Å². The number of thiocarbonyl (C=S) groups is 1. The highest BCUT2D eigenvalue weighted by Gasteiger charge is 2.34. The van der Waals surface area contributed by atoms with Crippen LogP contribution in [0.5, 0.6) is 0 Å². The second kappa shape index (κ2) is 6.14. The van der Waals surface area contributed by atoms with Crippen LogP contribution in [-0.2, 0) is 0 Å². The van der Waals surface area contributed by atoms with Gasteiger partial charge in [-0.25, -0.2) is 0 Å². The first kappa shape index (κ1) is 16.0. The molecule has 2 rings (SSSR count). The van der Waals surface area contributed by atoms with Crippen LogP contribution in [0.1, 0.15) is 55.5 Å². The fourth-order valence-electron chi connectivity index (χ4n) is 2.64. The summed E-state index contributed by atoms with van der Waals surface area (Å²) in [7, 11) is 0. The molecule has 21 heavy (non-hydrogen) atoms. The van der Waals surface area contributed by atoms with Gasteiger partial charge < -0.3 is 10.6 Å². The minimum Gasteiger partial charge on any atom is -0.393 e. The molecule has 2 N–H and O–H groups in total. The lowest BCUT2D eigenvalue weighted by molar-refractivity contribution is 0.0670. The van der Waals surface area contributed by atoms with Crippen molar-refractivity contribution in [3.63, 3.8) is 0 Å². The fourth-order valence-corrected chi connectivity index (χ4v) is 2.85. The van der Waals surface area contributed by atoms with Crippen molar-refractivity contribution in [3.05, 3.63) is 35.4 Å². The molecule has 3 nitrogen and oxygen atoms in total. The Balaban J connectivity index is 2.03. The Morgan fingerprint density at radius 3 is 2.19 bits per heavy atom. The van der Waals surface area contributed by atoms with Gasteiger partial charge in [-0.05, 0) is 36.5 Å². The van der Waals surface area contributed by atoms with Crippen LogP contribution in [0.15, 0.2) is 24.3 Å². The fraction of sp³-hybridized carbons (Fsp3) is 0.529. The van der Waals surface area contributed by atoms with Gasteiger partial charge in [-0.15, -0.1) is 0 Å². The van der Waals surface area contributed by atoms with Gasteiger partial charge in [-0.2, -0.15) is 0 Å². The van der Waals surface area contributed by atoms with Crippen molar-refractivity contribution in [1.29, 1.82) is 0 Å². The maximum atomic E-state index is 12.5. The van der Waals surface area contributed by atoms with Crippen LogP contribution in [0.3, 0.4) is 0 Å². The van der Waals surface area contributed by atoms with Crippen molar-refractivity contribution in [2.24, 2.45) is 11.1 Å².